The van der Waals surface area contributed by atoms with E-state index in [0.717, 1.165) is 22.0 Å². The Morgan fingerprint density at radius 3 is 2.82 bits per heavy atom. The van der Waals surface area contributed by atoms with E-state index in [0.29, 0.717) is 11.5 Å². The lowest BCUT2D eigenvalue weighted by molar-refractivity contribution is -0.384. The third kappa shape index (κ3) is 3.28. The summed E-state index contributed by atoms with van der Waals surface area (Å²) in [5.74, 6) is 0.329. The van der Waals surface area contributed by atoms with Crippen LogP contribution in [0.1, 0.15) is 11.1 Å². The molecule has 9 nitrogen and oxygen atoms in total. The minimum Gasteiger partial charge on any atom is -0.258 e. The Hall–Kier alpha value is -4.14. The van der Waals surface area contributed by atoms with Crippen molar-refractivity contribution in [3.63, 3.8) is 0 Å². The van der Waals surface area contributed by atoms with Gasteiger partial charge in [-0.25, -0.2) is 5.43 Å². The van der Waals surface area contributed by atoms with Crippen molar-refractivity contribution in [2.75, 3.05) is 5.43 Å². The van der Waals surface area contributed by atoms with Crippen molar-refractivity contribution in [2.24, 2.45) is 5.10 Å². The molecule has 0 fully saturated rings. The number of anilines is 1. The average molecular weight is 373 g/mol. The molecule has 0 radical (unpaired) electrons. The molecule has 0 aliphatic heterocycles. The summed E-state index contributed by atoms with van der Waals surface area (Å²) in [7, 11) is 0. The van der Waals surface area contributed by atoms with Crippen molar-refractivity contribution < 1.29 is 4.92 Å². The largest absolute Gasteiger partial charge is 0.270 e. The molecule has 0 aliphatic rings. The minimum atomic E-state index is -0.439. The first-order valence-electron chi connectivity index (χ1n) is 8.44. The lowest BCUT2D eigenvalue weighted by Gasteiger charge is -2.07. The summed E-state index contributed by atoms with van der Waals surface area (Å²) >= 11 is 0. The van der Waals surface area contributed by atoms with Gasteiger partial charge in [0, 0.05) is 23.1 Å². The number of tetrazole rings is 1. The molecular weight excluding hydrogens is 358 g/mol. The molecule has 1 N–H and O–H groups in total. The van der Waals surface area contributed by atoms with E-state index in [4.69, 9.17) is 0 Å². The lowest BCUT2D eigenvalue weighted by Crippen LogP contribution is -2.04. The molecule has 3 aromatic carbocycles. The second-order valence-electron chi connectivity index (χ2n) is 6.08. The highest BCUT2D eigenvalue weighted by molar-refractivity contribution is 5.90. The first kappa shape index (κ1) is 17.3. The maximum Gasteiger partial charge on any atom is 0.270 e. The molecule has 0 bridgehead atoms. The summed E-state index contributed by atoms with van der Waals surface area (Å²) in [5.41, 5.74) is 5.12. The number of rotatable bonds is 5. The highest BCUT2D eigenvalue weighted by atomic mass is 16.6. The highest BCUT2D eigenvalue weighted by Crippen LogP contribution is 2.23. The molecule has 138 valence electrons. The zero-order valence-electron chi connectivity index (χ0n) is 14.9. The lowest BCUT2D eigenvalue weighted by atomic mass is 10.1. The number of aryl methyl sites for hydroxylation is 1. The van der Waals surface area contributed by atoms with Gasteiger partial charge in [0.05, 0.1) is 16.8 Å². The summed E-state index contributed by atoms with van der Waals surface area (Å²) < 4.78 is 1.56. The second-order valence-corrected chi connectivity index (χ2v) is 6.08. The number of hydrogen-bond donors (Lipinski definition) is 1. The summed E-state index contributed by atoms with van der Waals surface area (Å²) in [6, 6.07) is 18.4. The van der Waals surface area contributed by atoms with Crippen molar-refractivity contribution >= 4 is 28.6 Å². The molecule has 9 heteroatoms. The fourth-order valence-electron chi connectivity index (χ4n) is 2.85. The number of nitro benzene ring substituents is 1. The van der Waals surface area contributed by atoms with Gasteiger partial charge in [-0.15, -0.1) is 0 Å². The Kier molecular flexibility index (Phi) is 4.47. The number of hydrazone groups is 1. The molecule has 1 heterocycles. The normalized spacial score (nSPS) is 11.2. The van der Waals surface area contributed by atoms with Crippen molar-refractivity contribution in [2.45, 2.75) is 6.92 Å². The van der Waals surface area contributed by atoms with E-state index in [2.05, 4.69) is 26.1 Å². The summed E-state index contributed by atoms with van der Waals surface area (Å²) in [6.45, 7) is 1.85. The van der Waals surface area contributed by atoms with Gasteiger partial charge in [0.2, 0.25) is 0 Å². The van der Waals surface area contributed by atoms with Gasteiger partial charge in [-0.2, -0.15) is 9.78 Å². The highest BCUT2D eigenvalue weighted by Gasteiger charge is 2.11. The third-order valence-electron chi connectivity index (χ3n) is 4.31. The number of benzene rings is 3. The maximum atomic E-state index is 10.9. The molecule has 0 spiro atoms. The molecule has 4 rings (SSSR count). The van der Waals surface area contributed by atoms with Crippen LogP contribution >= 0.6 is 0 Å². The van der Waals surface area contributed by atoms with Crippen LogP contribution in [0.4, 0.5) is 11.6 Å². The fraction of sp³-hybridized carbons (Fsp3) is 0.0526. The van der Waals surface area contributed by atoms with Gasteiger partial charge in [-0.05, 0) is 34.4 Å². The molecule has 0 unspecified atom stereocenters. The average Bonchev–Trinajstić information content (AvgIpc) is 3.17. The van der Waals surface area contributed by atoms with Gasteiger partial charge in [-0.1, -0.05) is 47.6 Å². The SMILES string of the molecule is Cc1ccc([N+](=O)[O-])cc1/C=N\Nc1nnnn1-c1cccc2ccccc12. The van der Waals surface area contributed by atoms with Crippen LogP contribution in [-0.2, 0) is 0 Å². The number of aromatic nitrogens is 4. The van der Waals surface area contributed by atoms with Crippen molar-refractivity contribution in [3.05, 3.63) is 81.9 Å². The smallest absolute Gasteiger partial charge is 0.258 e. The van der Waals surface area contributed by atoms with E-state index in [1.165, 1.54) is 18.3 Å². The van der Waals surface area contributed by atoms with Gasteiger partial charge in [0.15, 0.2) is 0 Å². The zero-order chi connectivity index (χ0) is 19.5. The quantitative estimate of drug-likeness (QED) is 0.326. The number of nitrogens with zero attached hydrogens (tertiary/aromatic N) is 6. The van der Waals surface area contributed by atoms with E-state index in [1.54, 1.807) is 10.7 Å². The van der Waals surface area contributed by atoms with E-state index < -0.39 is 4.92 Å². The first-order chi connectivity index (χ1) is 13.6. The molecule has 1 aromatic heterocycles. The van der Waals surface area contributed by atoms with Crippen LogP contribution in [0.2, 0.25) is 0 Å². The van der Waals surface area contributed by atoms with Crippen LogP contribution < -0.4 is 5.43 Å². The Labute approximate surface area is 159 Å². The van der Waals surface area contributed by atoms with Crippen molar-refractivity contribution in [1.29, 1.82) is 0 Å². The predicted octanol–water partition coefficient (Wildman–Crippen LogP) is 3.48. The Morgan fingerprint density at radius 2 is 1.96 bits per heavy atom. The molecule has 0 atom stereocenters. The number of nitro groups is 1. The van der Waals surface area contributed by atoms with Crippen LogP contribution in [0.25, 0.3) is 16.5 Å². The number of fused-ring (bicyclic) bond motifs is 1. The van der Waals surface area contributed by atoms with E-state index in [1.807, 2.05) is 49.4 Å². The monoisotopic (exact) mass is 373 g/mol. The molecule has 0 saturated heterocycles. The summed E-state index contributed by atoms with van der Waals surface area (Å²) in [4.78, 5) is 10.5. The van der Waals surface area contributed by atoms with Crippen LogP contribution in [0.3, 0.4) is 0 Å². The number of hydrogen-bond acceptors (Lipinski definition) is 7. The van der Waals surface area contributed by atoms with Gasteiger partial charge in [0.1, 0.15) is 0 Å². The first-order valence-corrected chi connectivity index (χ1v) is 8.44. The third-order valence-corrected chi connectivity index (χ3v) is 4.31. The van der Waals surface area contributed by atoms with E-state index in [9.17, 15) is 10.1 Å². The summed E-state index contributed by atoms with van der Waals surface area (Å²) in [6.07, 6.45) is 1.50. The second kappa shape index (κ2) is 7.23. The standard InChI is InChI=1S/C19H15N7O2/c1-13-9-10-16(26(27)28)11-15(13)12-20-21-19-22-23-24-25(19)18-8-4-6-14-5-2-3-7-17(14)18/h2-12H,1H3,(H,21,22,24)/b20-12-. The van der Waals surface area contributed by atoms with Gasteiger partial charge < -0.3 is 0 Å². The van der Waals surface area contributed by atoms with Gasteiger partial charge in [-0.3, -0.25) is 10.1 Å². The molecule has 4 aromatic rings. The van der Waals surface area contributed by atoms with E-state index >= 15 is 0 Å². The fourth-order valence-corrected chi connectivity index (χ4v) is 2.85. The number of nitrogens with one attached hydrogen (secondary N) is 1. The molecule has 28 heavy (non-hydrogen) atoms. The molecule has 0 amide bonds. The van der Waals surface area contributed by atoms with E-state index in [-0.39, 0.29) is 5.69 Å². The summed E-state index contributed by atoms with van der Waals surface area (Å²) in [5, 5.41) is 28.9. The predicted molar refractivity (Wildman–Crippen MR) is 106 cm³/mol. The Balaban J connectivity index is 1.63. The Morgan fingerprint density at radius 1 is 1.14 bits per heavy atom. The topological polar surface area (TPSA) is 111 Å². The Bertz CT molecular complexity index is 1190. The molecular formula is C19H15N7O2. The van der Waals surface area contributed by atoms with Crippen LogP contribution in [0.5, 0.6) is 0 Å². The van der Waals surface area contributed by atoms with Crippen LogP contribution in [0, 0.1) is 17.0 Å². The molecule has 0 aliphatic carbocycles. The van der Waals surface area contributed by atoms with Crippen molar-refractivity contribution in [1.82, 2.24) is 20.2 Å². The maximum absolute atomic E-state index is 10.9. The molecule has 0 saturated carbocycles. The van der Waals surface area contributed by atoms with Crippen LogP contribution in [0.15, 0.2) is 65.8 Å². The zero-order valence-corrected chi connectivity index (χ0v) is 14.9. The van der Waals surface area contributed by atoms with Gasteiger partial charge >= 0.3 is 0 Å². The van der Waals surface area contributed by atoms with Gasteiger partial charge in [0.25, 0.3) is 11.6 Å². The van der Waals surface area contributed by atoms with Crippen LogP contribution in [-0.4, -0.2) is 31.3 Å². The minimum absolute atomic E-state index is 0.00707. The number of non-ortho nitro benzene ring substituents is 1. The van der Waals surface area contributed by atoms with Crippen molar-refractivity contribution in [3.8, 4) is 5.69 Å².